The smallest absolute Gasteiger partial charge is 0.410 e. The van der Waals surface area contributed by atoms with Gasteiger partial charge >= 0.3 is 6.09 Å². The number of fused-ring (bicyclic) bond motifs is 1. The van der Waals surface area contributed by atoms with Gasteiger partial charge in [0.15, 0.2) is 5.82 Å². The van der Waals surface area contributed by atoms with Gasteiger partial charge in [0.2, 0.25) is 11.7 Å². The summed E-state index contributed by atoms with van der Waals surface area (Å²) in [5.74, 6) is 0.543. The number of para-hydroxylation sites is 2. The Hall–Kier alpha value is -4.20. The number of carbonyl (C=O) groups is 2. The van der Waals surface area contributed by atoms with Crippen LogP contribution in [0, 0.1) is 5.41 Å². The van der Waals surface area contributed by atoms with E-state index >= 15 is 0 Å². The van der Waals surface area contributed by atoms with Gasteiger partial charge in [-0.15, -0.1) is 0 Å². The molecule has 1 aromatic heterocycles. The van der Waals surface area contributed by atoms with E-state index in [4.69, 9.17) is 14.9 Å². The predicted octanol–water partition coefficient (Wildman–Crippen LogP) is 6.05. The Bertz CT molecular complexity index is 1340. The zero-order valence-electron chi connectivity index (χ0n) is 21.6. The first kappa shape index (κ1) is 25.9. The second kappa shape index (κ2) is 10.8. The van der Waals surface area contributed by atoms with Crippen molar-refractivity contribution in [3.05, 3.63) is 83.2 Å². The van der Waals surface area contributed by atoms with Crippen molar-refractivity contribution >= 4 is 28.8 Å². The summed E-state index contributed by atoms with van der Waals surface area (Å²) in [5, 5.41) is 8.59. The number of allylic oxidation sites excluding steroid dienone is 1. The summed E-state index contributed by atoms with van der Waals surface area (Å²) in [6, 6.07) is 14.2. The fourth-order valence-electron chi connectivity index (χ4n) is 4.02. The Morgan fingerprint density at radius 1 is 1.14 bits per heavy atom. The third kappa shape index (κ3) is 6.33. The molecule has 1 aliphatic heterocycles. The van der Waals surface area contributed by atoms with Crippen LogP contribution in [-0.2, 0) is 4.74 Å². The molecule has 192 valence electrons. The maximum atomic E-state index is 12.9. The van der Waals surface area contributed by atoms with E-state index in [-0.39, 0.29) is 23.6 Å². The van der Waals surface area contributed by atoms with Crippen LogP contribution < -0.4 is 4.74 Å². The maximum Gasteiger partial charge on any atom is 0.410 e. The number of hydrogen-bond acceptors (Lipinski definition) is 6. The molecule has 4 rings (SSSR count). The first-order valence-corrected chi connectivity index (χ1v) is 12.4. The van der Waals surface area contributed by atoms with Crippen molar-refractivity contribution in [1.82, 2.24) is 14.9 Å². The fraction of sp³-hybridized carbons (Fsp3) is 0.310. The molecule has 0 aliphatic carbocycles. The summed E-state index contributed by atoms with van der Waals surface area (Å²) in [7, 11) is 0. The monoisotopic (exact) mass is 500 g/mol. The summed E-state index contributed by atoms with van der Waals surface area (Å²) < 4.78 is 11.3. The summed E-state index contributed by atoms with van der Waals surface area (Å²) in [5.41, 5.74) is 3.13. The molecule has 2 N–H and O–H groups in total. The number of carbonyl (C=O) groups excluding carboxylic acids is 2. The number of H-pyrrole nitrogens is 1. The number of hydrogen-bond donors (Lipinski definition) is 2. The van der Waals surface area contributed by atoms with Gasteiger partial charge in [-0.1, -0.05) is 31.2 Å². The molecule has 0 radical (unpaired) electrons. The van der Waals surface area contributed by atoms with Gasteiger partial charge in [-0.05, 0) is 75.6 Å². The number of amides is 1. The fourth-order valence-corrected chi connectivity index (χ4v) is 4.02. The largest absolute Gasteiger partial charge is 0.444 e. The Balaban J connectivity index is 1.41. The highest BCUT2D eigenvalue weighted by atomic mass is 16.6. The first-order valence-electron chi connectivity index (χ1n) is 12.4. The predicted molar refractivity (Wildman–Crippen MR) is 143 cm³/mol. The standard InChI is InChI=1S/C29H32N4O4/c1-5-8-22(19-15-17-33(18-16-19)28(35)37-29(2,3)4)26(30)36-21-13-11-20(12-14-21)25(34)27-31-23-9-6-7-10-24(23)32-27/h6-15,30H,5,16-18H2,1-4H3,(H,31,32)/b22-8-,30-26?. The van der Waals surface area contributed by atoms with Crippen molar-refractivity contribution in [2.24, 2.45) is 0 Å². The zero-order valence-corrected chi connectivity index (χ0v) is 21.6. The molecule has 0 bridgehead atoms. The minimum absolute atomic E-state index is 0.0233. The van der Waals surface area contributed by atoms with Gasteiger partial charge < -0.3 is 19.4 Å². The number of aromatic amines is 1. The molecule has 0 atom stereocenters. The molecular weight excluding hydrogens is 468 g/mol. The van der Waals surface area contributed by atoms with E-state index < -0.39 is 5.60 Å². The number of benzene rings is 2. The van der Waals surface area contributed by atoms with Gasteiger partial charge in [-0.25, -0.2) is 9.78 Å². The maximum absolute atomic E-state index is 12.9. The topological polar surface area (TPSA) is 108 Å². The number of ketones is 1. The molecule has 3 aromatic rings. The molecule has 1 amide bonds. The Labute approximate surface area is 216 Å². The van der Waals surface area contributed by atoms with Crippen LogP contribution in [0.2, 0.25) is 0 Å². The van der Waals surface area contributed by atoms with Gasteiger partial charge in [-0.2, -0.15) is 0 Å². The van der Waals surface area contributed by atoms with Crippen LogP contribution in [0.25, 0.3) is 11.0 Å². The second-order valence-corrected chi connectivity index (χ2v) is 9.82. The van der Waals surface area contributed by atoms with Crippen molar-refractivity contribution in [3.8, 4) is 5.75 Å². The average Bonchev–Trinajstić information content (AvgIpc) is 3.31. The first-order chi connectivity index (χ1) is 17.6. The van der Waals surface area contributed by atoms with Crippen LogP contribution in [0.4, 0.5) is 4.79 Å². The number of nitrogens with zero attached hydrogens (tertiary/aromatic N) is 2. The molecule has 0 unspecified atom stereocenters. The highest BCUT2D eigenvalue weighted by Crippen LogP contribution is 2.24. The van der Waals surface area contributed by atoms with E-state index in [2.05, 4.69) is 9.97 Å². The van der Waals surface area contributed by atoms with Gasteiger partial charge in [0.25, 0.3) is 0 Å². The minimum atomic E-state index is -0.545. The van der Waals surface area contributed by atoms with Gasteiger partial charge in [-0.3, -0.25) is 10.2 Å². The molecule has 0 spiro atoms. The van der Waals surface area contributed by atoms with E-state index in [9.17, 15) is 9.59 Å². The number of rotatable bonds is 6. The number of nitrogens with one attached hydrogen (secondary N) is 2. The number of imidazole rings is 1. The molecular formula is C29H32N4O4. The normalized spacial score (nSPS) is 14.3. The van der Waals surface area contributed by atoms with Crippen molar-refractivity contribution < 1.29 is 19.1 Å². The van der Waals surface area contributed by atoms with Gasteiger partial charge in [0, 0.05) is 24.2 Å². The van der Waals surface area contributed by atoms with E-state index in [0.29, 0.717) is 36.4 Å². The highest BCUT2D eigenvalue weighted by Gasteiger charge is 2.25. The van der Waals surface area contributed by atoms with Gasteiger partial charge in [0.05, 0.1) is 11.0 Å². The molecule has 2 heterocycles. The lowest BCUT2D eigenvalue weighted by atomic mass is 9.98. The third-order valence-electron chi connectivity index (χ3n) is 5.80. The molecule has 0 saturated carbocycles. The Morgan fingerprint density at radius 2 is 1.86 bits per heavy atom. The van der Waals surface area contributed by atoms with Crippen LogP contribution in [0.3, 0.4) is 0 Å². The molecule has 1 aliphatic rings. The van der Waals surface area contributed by atoms with Crippen LogP contribution in [0.1, 0.15) is 56.7 Å². The molecule has 8 nitrogen and oxygen atoms in total. The SMILES string of the molecule is CC/C=C(\C(=N)Oc1ccc(C(=O)c2nc3ccccc3[nH]2)cc1)C1=CCN(C(=O)OC(C)(C)C)CC1. The lowest BCUT2D eigenvalue weighted by molar-refractivity contribution is 0.0266. The summed E-state index contributed by atoms with van der Waals surface area (Å²) >= 11 is 0. The van der Waals surface area contributed by atoms with E-state index in [1.165, 1.54) is 0 Å². The number of aromatic nitrogens is 2. The van der Waals surface area contributed by atoms with Crippen molar-refractivity contribution in [2.75, 3.05) is 13.1 Å². The Morgan fingerprint density at radius 3 is 2.49 bits per heavy atom. The average molecular weight is 501 g/mol. The zero-order chi connectivity index (χ0) is 26.6. The van der Waals surface area contributed by atoms with Crippen molar-refractivity contribution in [2.45, 2.75) is 46.1 Å². The third-order valence-corrected chi connectivity index (χ3v) is 5.80. The van der Waals surface area contributed by atoms with Crippen molar-refractivity contribution in [1.29, 1.82) is 5.41 Å². The van der Waals surface area contributed by atoms with Crippen LogP contribution >= 0.6 is 0 Å². The second-order valence-electron chi connectivity index (χ2n) is 9.82. The molecule has 0 fully saturated rings. The quantitative estimate of drug-likeness (QED) is 0.243. The molecule has 0 saturated heterocycles. The van der Waals surface area contributed by atoms with Crippen molar-refractivity contribution in [3.63, 3.8) is 0 Å². The summed E-state index contributed by atoms with van der Waals surface area (Å²) in [6.45, 7) is 8.46. The Kier molecular flexibility index (Phi) is 7.57. The summed E-state index contributed by atoms with van der Waals surface area (Å²) in [6.07, 6.45) is 4.90. The summed E-state index contributed by atoms with van der Waals surface area (Å²) in [4.78, 5) is 34.3. The van der Waals surface area contributed by atoms with Crippen LogP contribution in [0.5, 0.6) is 5.75 Å². The minimum Gasteiger partial charge on any atom is -0.444 e. The molecule has 37 heavy (non-hydrogen) atoms. The molecule has 8 heteroatoms. The van der Waals surface area contributed by atoms with Gasteiger partial charge in [0.1, 0.15) is 11.4 Å². The van der Waals surface area contributed by atoms with E-state index in [1.54, 1.807) is 29.2 Å². The van der Waals surface area contributed by atoms with E-state index in [1.807, 2.05) is 64.1 Å². The highest BCUT2D eigenvalue weighted by molar-refractivity contribution is 6.08. The lowest BCUT2D eigenvalue weighted by Crippen LogP contribution is -2.39. The molecule has 2 aromatic carbocycles. The van der Waals surface area contributed by atoms with Crippen LogP contribution in [-0.4, -0.2) is 51.3 Å². The lowest BCUT2D eigenvalue weighted by Gasteiger charge is -2.30. The number of ether oxygens (including phenoxy) is 2. The van der Waals surface area contributed by atoms with E-state index in [0.717, 1.165) is 23.0 Å². The van der Waals surface area contributed by atoms with Crippen LogP contribution in [0.15, 0.2) is 71.8 Å².